The highest BCUT2D eigenvalue weighted by Crippen LogP contribution is 2.36. The standard InChI is InChI=1S/C43H68O6Si2/c1-7-50(8-2,9-3)48-42-28-38(23-25-40(30-42)46-34-44-32-36-19-15-13-16-20-36)27-39-24-26-41(47-35-45-33-37-21-17-14-18-22-37)31-43(29-39)49-51(10-4,11-5)12-6/h13-24,40-43H,7-12,25-35H2,1-6H3/t40-,41-,42-,43-/m1/s1. The molecule has 51 heavy (non-hydrogen) atoms. The molecule has 0 saturated carbocycles. The summed E-state index contributed by atoms with van der Waals surface area (Å²) in [4.78, 5) is 0. The second-order valence-corrected chi connectivity index (χ2v) is 24.1. The fourth-order valence-electron chi connectivity index (χ4n) is 7.79. The molecule has 0 amide bonds. The summed E-state index contributed by atoms with van der Waals surface area (Å²) >= 11 is 0. The summed E-state index contributed by atoms with van der Waals surface area (Å²) in [6.07, 6.45) is 11.9. The lowest BCUT2D eigenvalue weighted by Crippen LogP contribution is -2.41. The Morgan fingerprint density at radius 3 is 1.24 bits per heavy atom. The fourth-order valence-corrected chi connectivity index (χ4v) is 13.6. The monoisotopic (exact) mass is 736 g/mol. The van der Waals surface area contributed by atoms with Crippen molar-refractivity contribution in [2.24, 2.45) is 0 Å². The molecule has 0 fully saturated rings. The van der Waals surface area contributed by atoms with Crippen molar-refractivity contribution in [3.05, 3.63) is 95.1 Å². The Labute approximate surface area is 312 Å². The second kappa shape index (κ2) is 22.4. The van der Waals surface area contributed by atoms with Crippen LogP contribution in [0.1, 0.15) is 97.6 Å². The summed E-state index contributed by atoms with van der Waals surface area (Å²) in [6.45, 7) is 15.7. The molecule has 4 atom stereocenters. The van der Waals surface area contributed by atoms with Crippen LogP contribution in [0.25, 0.3) is 0 Å². The van der Waals surface area contributed by atoms with E-state index in [0.717, 1.165) is 92.3 Å². The van der Waals surface area contributed by atoms with Crippen LogP contribution in [0.5, 0.6) is 0 Å². The van der Waals surface area contributed by atoms with Crippen LogP contribution < -0.4 is 0 Å². The van der Waals surface area contributed by atoms with Crippen molar-refractivity contribution in [2.75, 3.05) is 13.6 Å². The smallest absolute Gasteiger partial charge is 0.192 e. The van der Waals surface area contributed by atoms with Crippen molar-refractivity contribution in [1.82, 2.24) is 0 Å². The molecular formula is C43H68O6Si2. The lowest BCUT2D eigenvalue weighted by molar-refractivity contribution is -0.103. The molecule has 0 radical (unpaired) electrons. The number of hydrogen-bond acceptors (Lipinski definition) is 6. The molecule has 2 aromatic carbocycles. The molecule has 0 aromatic heterocycles. The molecule has 8 heteroatoms. The molecule has 0 heterocycles. The van der Waals surface area contributed by atoms with E-state index in [4.69, 9.17) is 27.8 Å². The Kier molecular flexibility index (Phi) is 18.4. The van der Waals surface area contributed by atoms with Crippen molar-refractivity contribution in [2.45, 2.75) is 160 Å². The largest absolute Gasteiger partial charge is 0.414 e. The Morgan fingerprint density at radius 2 is 0.882 bits per heavy atom. The number of benzene rings is 2. The van der Waals surface area contributed by atoms with E-state index in [1.165, 1.54) is 11.1 Å². The molecule has 2 aromatic rings. The van der Waals surface area contributed by atoms with Crippen LogP contribution in [-0.4, -0.2) is 54.6 Å². The number of ether oxygens (including phenoxy) is 4. The van der Waals surface area contributed by atoms with Crippen molar-refractivity contribution in [1.29, 1.82) is 0 Å². The normalized spacial score (nSPS) is 21.8. The Hall–Kier alpha value is -1.89. The summed E-state index contributed by atoms with van der Waals surface area (Å²) in [7, 11) is -3.60. The molecule has 2 aliphatic rings. The average molecular weight is 737 g/mol. The van der Waals surface area contributed by atoms with Crippen LogP contribution in [0.15, 0.2) is 84.0 Å². The van der Waals surface area contributed by atoms with Gasteiger partial charge in [0.15, 0.2) is 16.6 Å². The maximum absolute atomic E-state index is 7.20. The van der Waals surface area contributed by atoms with Gasteiger partial charge in [-0.15, -0.1) is 0 Å². The van der Waals surface area contributed by atoms with E-state index in [2.05, 4.69) is 78.0 Å². The minimum Gasteiger partial charge on any atom is -0.414 e. The SMILES string of the molecule is CC[Si](CC)(CC)O[C@@H]1CC(CC2=CC[C@@H](OCOCc3ccccc3)C[C@H](O[Si](CC)(CC)CC)C2)=CC[C@@H](OCOCc2ccccc2)C1. The summed E-state index contributed by atoms with van der Waals surface area (Å²) in [5, 5.41) is 0. The minimum atomic E-state index is -1.80. The van der Waals surface area contributed by atoms with Crippen LogP contribution in [-0.2, 0) is 41.0 Å². The Morgan fingerprint density at radius 1 is 0.510 bits per heavy atom. The summed E-state index contributed by atoms with van der Waals surface area (Å²) in [6, 6.07) is 27.5. The summed E-state index contributed by atoms with van der Waals surface area (Å²) < 4.78 is 39.1. The molecule has 0 spiro atoms. The van der Waals surface area contributed by atoms with E-state index in [1.54, 1.807) is 0 Å². The molecule has 6 nitrogen and oxygen atoms in total. The van der Waals surface area contributed by atoms with Gasteiger partial charge in [-0.1, -0.05) is 126 Å². The first-order valence-corrected chi connectivity index (χ1v) is 25.1. The third kappa shape index (κ3) is 13.8. The van der Waals surface area contributed by atoms with E-state index < -0.39 is 16.6 Å². The zero-order valence-electron chi connectivity index (χ0n) is 32.7. The molecule has 0 aliphatic heterocycles. The van der Waals surface area contributed by atoms with Gasteiger partial charge in [-0.3, -0.25) is 0 Å². The van der Waals surface area contributed by atoms with E-state index in [9.17, 15) is 0 Å². The van der Waals surface area contributed by atoms with Gasteiger partial charge in [0.2, 0.25) is 0 Å². The first-order valence-electron chi connectivity index (χ1n) is 20.0. The van der Waals surface area contributed by atoms with Gasteiger partial charge in [-0.2, -0.15) is 0 Å². The van der Waals surface area contributed by atoms with Gasteiger partial charge in [-0.05, 0) is 92.3 Å². The van der Waals surface area contributed by atoms with Crippen molar-refractivity contribution in [3.63, 3.8) is 0 Å². The molecule has 0 bridgehead atoms. The molecule has 4 rings (SSSR count). The van der Waals surface area contributed by atoms with Gasteiger partial charge in [0.1, 0.15) is 13.6 Å². The van der Waals surface area contributed by atoms with Gasteiger partial charge >= 0.3 is 0 Å². The third-order valence-corrected chi connectivity index (χ3v) is 20.9. The quantitative estimate of drug-likeness (QED) is 0.0519. The zero-order valence-corrected chi connectivity index (χ0v) is 34.7. The maximum Gasteiger partial charge on any atom is 0.192 e. The maximum atomic E-state index is 7.20. The Balaban J connectivity index is 1.45. The lowest BCUT2D eigenvalue weighted by atomic mass is 9.96. The van der Waals surface area contributed by atoms with Gasteiger partial charge in [0, 0.05) is 0 Å². The van der Waals surface area contributed by atoms with Crippen LogP contribution in [0.2, 0.25) is 36.3 Å². The molecule has 2 aliphatic carbocycles. The molecule has 0 saturated heterocycles. The molecule has 0 N–H and O–H groups in total. The second-order valence-electron chi connectivity index (χ2n) is 14.7. The van der Waals surface area contributed by atoms with Crippen molar-refractivity contribution >= 4 is 16.6 Å². The van der Waals surface area contributed by atoms with E-state index in [1.807, 2.05) is 36.4 Å². The summed E-state index contributed by atoms with van der Waals surface area (Å²) in [5.74, 6) is 0. The molecule has 0 unspecified atom stereocenters. The Bertz CT molecular complexity index is 1180. The lowest BCUT2D eigenvalue weighted by Gasteiger charge is -2.35. The van der Waals surface area contributed by atoms with E-state index in [0.29, 0.717) is 26.8 Å². The highest BCUT2D eigenvalue weighted by Gasteiger charge is 2.36. The average Bonchev–Trinajstić information content (AvgIpc) is 3.48. The molecular weight excluding hydrogens is 669 g/mol. The van der Waals surface area contributed by atoms with Crippen LogP contribution in [0.4, 0.5) is 0 Å². The van der Waals surface area contributed by atoms with Gasteiger partial charge in [0.25, 0.3) is 0 Å². The highest BCUT2D eigenvalue weighted by atomic mass is 28.4. The summed E-state index contributed by atoms with van der Waals surface area (Å²) in [5.41, 5.74) is 5.28. The van der Waals surface area contributed by atoms with E-state index >= 15 is 0 Å². The fraction of sp³-hybridized carbons (Fsp3) is 0.628. The van der Waals surface area contributed by atoms with Crippen LogP contribution in [0, 0.1) is 0 Å². The predicted octanol–water partition coefficient (Wildman–Crippen LogP) is 11.5. The third-order valence-electron chi connectivity index (χ3n) is 11.5. The number of rotatable bonds is 22. The van der Waals surface area contributed by atoms with Crippen LogP contribution >= 0.6 is 0 Å². The predicted molar refractivity (Wildman–Crippen MR) is 215 cm³/mol. The van der Waals surface area contributed by atoms with Crippen molar-refractivity contribution in [3.8, 4) is 0 Å². The minimum absolute atomic E-state index is 0.0821. The first-order chi connectivity index (χ1) is 24.9. The van der Waals surface area contributed by atoms with Gasteiger partial charge in [0.05, 0.1) is 37.6 Å². The van der Waals surface area contributed by atoms with Crippen molar-refractivity contribution < 1.29 is 27.8 Å². The van der Waals surface area contributed by atoms with Gasteiger partial charge < -0.3 is 27.8 Å². The van der Waals surface area contributed by atoms with Gasteiger partial charge in [-0.25, -0.2) is 0 Å². The molecule has 284 valence electrons. The topological polar surface area (TPSA) is 55.4 Å². The highest BCUT2D eigenvalue weighted by molar-refractivity contribution is 6.74. The van der Waals surface area contributed by atoms with E-state index in [-0.39, 0.29) is 24.4 Å². The number of hydrogen-bond donors (Lipinski definition) is 0. The first kappa shape index (κ1) is 41.9. The van der Waals surface area contributed by atoms with Crippen LogP contribution in [0.3, 0.4) is 0 Å². The zero-order chi connectivity index (χ0) is 36.4.